The molecule has 0 aliphatic heterocycles. The van der Waals surface area contributed by atoms with Crippen molar-refractivity contribution < 1.29 is 5.11 Å². The van der Waals surface area contributed by atoms with Gasteiger partial charge in [0.25, 0.3) is 0 Å². The molecule has 0 aliphatic carbocycles. The monoisotopic (exact) mass is 347 g/mol. The molecule has 0 aliphatic rings. The van der Waals surface area contributed by atoms with Gasteiger partial charge in [-0.25, -0.2) is 4.98 Å². The molecular formula is C11H14BrN3OS2. The zero-order valence-corrected chi connectivity index (χ0v) is 12.9. The summed E-state index contributed by atoms with van der Waals surface area (Å²) in [5, 5.41) is 11.8. The third-order valence-corrected chi connectivity index (χ3v) is 4.86. The number of halogens is 1. The Morgan fingerprint density at radius 1 is 1.39 bits per heavy atom. The van der Waals surface area contributed by atoms with Crippen molar-refractivity contribution in [1.82, 2.24) is 9.88 Å². The van der Waals surface area contributed by atoms with E-state index in [1.54, 1.807) is 17.5 Å². The maximum atomic E-state index is 9.12. The average Bonchev–Trinajstić information content (AvgIpc) is 2.89. The highest BCUT2D eigenvalue weighted by Crippen LogP contribution is 2.23. The molecule has 4 nitrogen and oxygen atoms in total. The van der Waals surface area contributed by atoms with Gasteiger partial charge in [0.05, 0.1) is 6.61 Å². The van der Waals surface area contributed by atoms with E-state index in [0.29, 0.717) is 11.7 Å². The molecule has 18 heavy (non-hydrogen) atoms. The number of nitrogens with zero attached hydrogens (tertiary/aromatic N) is 2. The summed E-state index contributed by atoms with van der Waals surface area (Å²) >= 11 is 6.66. The summed E-state index contributed by atoms with van der Waals surface area (Å²) in [5.41, 5.74) is 5.62. The van der Waals surface area contributed by atoms with Gasteiger partial charge in [-0.3, -0.25) is 4.90 Å². The molecule has 0 atom stereocenters. The first-order chi connectivity index (χ1) is 8.67. The SMILES string of the molecule is Nc1ncc(CN(CCO)Cc2cc(Br)cs2)s1. The van der Waals surface area contributed by atoms with E-state index in [1.165, 1.54) is 16.2 Å². The Morgan fingerprint density at radius 3 is 2.72 bits per heavy atom. The van der Waals surface area contributed by atoms with Crippen molar-refractivity contribution in [1.29, 1.82) is 0 Å². The summed E-state index contributed by atoms with van der Waals surface area (Å²) in [4.78, 5) is 8.62. The van der Waals surface area contributed by atoms with E-state index >= 15 is 0 Å². The standard InChI is InChI=1S/C11H14BrN3OS2/c12-8-3-9(17-7-8)5-15(1-2-16)6-10-4-14-11(13)18-10/h3-4,7,16H,1-2,5-6H2,(H2,13,14). The number of nitrogen functional groups attached to an aromatic ring is 1. The first-order valence-electron chi connectivity index (χ1n) is 5.43. The molecule has 0 radical (unpaired) electrons. The Hall–Kier alpha value is -0.470. The quantitative estimate of drug-likeness (QED) is 0.842. The summed E-state index contributed by atoms with van der Waals surface area (Å²) in [6, 6.07) is 2.11. The predicted octanol–water partition coefficient (Wildman–Crippen LogP) is 2.54. The third-order valence-electron chi connectivity index (χ3n) is 2.37. The Balaban J connectivity index is 1.99. The van der Waals surface area contributed by atoms with E-state index in [4.69, 9.17) is 10.8 Å². The number of aromatic nitrogens is 1. The van der Waals surface area contributed by atoms with Gasteiger partial charge in [-0.15, -0.1) is 22.7 Å². The second-order valence-corrected chi connectivity index (χ2v) is 6.89. The summed E-state index contributed by atoms with van der Waals surface area (Å²) in [5.74, 6) is 0. The summed E-state index contributed by atoms with van der Waals surface area (Å²) in [6.45, 7) is 2.40. The molecule has 0 fully saturated rings. The van der Waals surface area contributed by atoms with Gasteiger partial charge in [-0.05, 0) is 22.0 Å². The highest BCUT2D eigenvalue weighted by atomic mass is 79.9. The largest absolute Gasteiger partial charge is 0.395 e. The second-order valence-electron chi connectivity index (χ2n) is 3.83. The van der Waals surface area contributed by atoms with Crippen LogP contribution in [0.2, 0.25) is 0 Å². The van der Waals surface area contributed by atoms with Crippen LogP contribution in [-0.2, 0) is 13.1 Å². The number of anilines is 1. The number of aliphatic hydroxyl groups is 1. The molecule has 7 heteroatoms. The van der Waals surface area contributed by atoms with E-state index < -0.39 is 0 Å². The van der Waals surface area contributed by atoms with E-state index in [9.17, 15) is 0 Å². The van der Waals surface area contributed by atoms with Crippen LogP contribution in [0.5, 0.6) is 0 Å². The van der Waals surface area contributed by atoms with Crippen LogP contribution < -0.4 is 5.73 Å². The summed E-state index contributed by atoms with van der Waals surface area (Å²) < 4.78 is 1.11. The number of thiazole rings is 1. The van der Waals surface area contributed by atoms with Crippen molar-refractivity contribution >= 4 is 43.7 Å². The molecule has 0 spiro atoms. The average molecular weight is 348 g/mol. The first kappa shape index (κ1) is 14.0. The van der Waals surface area contributed by atoms with Crippen LogP contribution in [0.1, 0.15) is 9.75 Å². The first-order valence-corrected chi connectivity index (χ1v) is 7.92. The number of hydrogen-bond acceptors (Lipinski definition) is 6. The molecular weight excluding hydrogens is 334 g/mol. The van der Waals surface area contributed by atoms with Crippen molar-refractivity contribution in [3.8, 4) is 0 Å². The van der Waals surface area contributed by atoms with Gasteiger partial charge in [0.2, 0.25) is 0 Å². The number of thiophene rings is 1. The van der Waals surface area contributed by atoms with E-state index in [0.717, 1.165) is 22.4 Å². The predicted molar refractivity (Wildman–Crippen MR) is 79.7 cm³/mol. The highest BCUT2D eigenvalue weighted by Gasteiger charge is 2.10. The fourth-order valence-electron chi connectivity index (χ4n) is 1.63. The lowest BCUT2D eigenvalue weighted by molar-refractivity contribution is 0.186. The Kier molecular flexibility index (Phi) is 5.13. The molecule has 0 saturated carbocycles. The minimum atomic E-state index is 0.154. The number of nitrogens with two attached hydrogens (primary N) is 1. The van der Waals surface area contributed by atoms with Gasteiger partial charge in [0.1, 0.15) is 0 Å². The van der Waals surface area contributed by atoms with Crippen LogP contribution in [0, 0.1) is 0 Å². The minimum absolute atomic E-state index is 0.154. The molecule has 0 amide bonds. The van der Waals surface area contributed by atoms with Crippen molar-refractivity contribution in [3.05, 3.63) is 31.9 Å². The fraction of sp³-hybridized carbons (Fsp3) is 0.364. The summed E-state index contributed by atoms with van der Waals surface area (Å²) in [7, 11) is 0. The zero-order chi connectivity index (χ0) is 13.0. The molecule has 2 rings (SSSR count). The summed E-state index contributed by atoms with van der Waals surface area (Å²) in [6.07, 6.45) is 1.80. The Bertz CT molecular complexity index is 458. The lowest BCUT2D eigenvalue weighted by atomic mass is 10.4. The number of rotatable bonds is 6. The molecule has 0 unspecified atom stereocenters. The van der Waals surface area contributed by atoms with E-state index in [1.807, 2.05) is 0 Å². The van der Waals surface area contributed by atoms with Crippen molar-refractivity contribution in [2.24, 2.45) is 0 Å². The van der Waals surface area contributed by atoms with Gasteiger partial charge in [0.15, 0.2) is 5.13 Å². The molecule has 0 saturated heterocycles. The minimum Gasteiger partial charge on any atom is -0.395 e. The van der Waals surface area contributed by atoms with Crippen LogP contribution in [0.3, 0.4) is 0 Å². The van der Waals surface area contributed by atoms with Crippen LogP contribution >= 0.6 is 38.6 Å². The lowest BCUT2D eigenvalue weighted by Crippen LogP contribution is -2.25. The van der Waals surface area contributed by atoms with Gasteiger partial charge >= 0.3 is 0 Å². The van der Waals surface area contributed by atoms with E-state index in [2.05, 4.69) is 37.3 Å². The molecule has 2 aromatic heterocycles. The number of hydrogen-bond donors (Lipinski definition) is 2. The maximum absolute atomic E-state index is 9.12. The van der Waals surface area contributed by atoms with Crippen LogP contribution in [0.15, 0.2) is 22.1 Å². The van der Waals surface area contributed by atoms with Crippen molar-refractivity contribution in [2.45, 2.75) is 13.1 Å². The molecule has 3 N–H and O–H groups in total. The van der Waals surface area contributed by atoms with Gasteiger partial charge < -0.3 is 10.8 Å². The van der Waals surface area contributed by atoms with Gasteiger partial charge in [-0.1, -0.05) is 0 Å². The molecule has 2 heterocycles. The van der Waals surface area contributed by atoms with Crippen molar-refractivity contribution in [3.63, 3.8) is 0 Å². The molecule has 0 aromatic carbocycles. The van der Waals surface area contributed by atoms with Gasteiger partial charge in [-0.2, -0.15) is 0 Å². The van der Waals surface area contributed by atoms with Crippen LogP contribution in [-0.4, -0.2) is 28.1 Å². The van der Waals surface area contributed by atoms with E-state index in [-0.39, 0.29) is 6.61 Å². The maximum Gasteiger partial charge on any atom is 0.180 e. The zero-order valence-electron chi connectivity index (χ0n) is 9.67. The topological polar surface area (TPSA) is 62.4 Å². The number of aliphatic hydroxyl groups excluding tert-OH is 1. The normalized spacial score (nSPS) is 11.3. The molecule has 0 bridgehead atoms. The Labute approximate surface area is 122 Å². The van der Waals surface area contributed by atoms with Crippen LogP contribution in [0.25, 0.3) is 0 Å². The molecule has 2 aromatic rings. The van der Waals surface area contributed by atoms with Gasteiger partial charge in [0, 0.05) is 45.4 Å². The smallest absolute Gasteiger partial charge is 0.180 e. The highest BCUT2D eigenvalue weighted by molar-refractivity contribution is 9.10. The lowest BCUT2D eigenvalue weighted by Gasteiger charge is -2.19. The van der Waals surface area contributed by atoms with Crippen molar-refractivity contribution in [2.75, 3.05) is 18.9 Å². The molecule has 98 valence electrons. The van der Waals surface area contributed by atoms with Crippen LogP contribution in [0.4, 0.5) is 5.13 Å². The second kappa shape index (κ2) is 6.63. The Morgan fingerprint density at radius 2 is 2.17 bits per heavy atom. The third kappa shape index (κ3) is 4.03. The fourth-order valence-corrected chi connectivity index (χ4v) is 3.85.